The minimum atomic E-state index is 0.0210. The molecule has 0 saturated carbocycles. The number of nitrogens with zero attached hydrogens (tertiary/aromatic N) is 2. The SMILES string of the molecule is COc1cccc(CCC(C#N)[N+](C)(C)CC2=CCCC2)c1. The third kappa shape index (κ3) is 4.35. The number of hydrogen-bond donors (Lipinski definition) is 0. The molecule has 3 nitrogen and oxygen atoms in total. The Morgan fingerprint density at radius 1 is 1.36 bits per heavy atom. The summed E-state index contributed by atoms with van der Waals surface area (Å²) in [6.45, 7) is 0.996. The van der Waals surface area contributed by atoms with Gasteiger partial charge in [-0.3, -0.25) is 0 Å². The van der Waals surface area contributed by atoms with Crippen LogP contribution in [0.25, 0.3) is 0 Å². The van der Waals surface area contributed by atoms with E-state index < -0.39 is 0 Å². The number of likely N-dealkylation sites (N-methyl/N-ethyl adjacent to an activating group) is 1. The van der Waals surface area contributed by atoms with E-state index >= 15 is 0 Å². The molecule has 0 aliphatic heterocycles. The zero-order chi connectivity index (χ0) is 16.0. The number of nitriles is 1. The van der Waals surface area contributed by atoms with Gasteiger partial charge in [-0.2, -0.15) is 5.26 Å². The van der Waals surface area contributed by atoms with Gasteiger partial charge in [0.05, 0.1) is 21.2 Å². The van der Waals surface area contributed by atoms with E-state index in [0.717, 1.165) is 29.6 Å². The summed E-state index contributed by atoms with van der Waals surface area (Å²) in [7, 11) is 6.05. The van der Waals surface area contributed by atoms with E-state index in [1.807, 2.05) is 12.1 Å². The molecule has 1 aromatic rings. The molecule has 0 radical (unpaired) electrons. The fourth-order valence-corrected chi connectivity index (χ4v) is 3.22. The summed E-state index contributed by atoms with van der Waals surface area (Å²) in [5.74, 6) is 0.885. The Kier molecular flexibility index (Phi) is 5.63. The highest BCUT2D eigenvalue weighted by Gasteiger charge is 2.29. The molecule has 0 N–H and O–H groups in total. The van der Waals surface area contributed by atoms with Crippen LogP contribution in [-0.4, -0.2) is 38.3 Å². The van der Waals surface area contributed by atoms with Crippen molar-refractivity contribution in [2.75, 3.05) is 27.7 Å². The van der Waals surface area contributed by atoms with Crippen LogP contribution in [0, 0.1) is 11.3 Å². The molecule has 1 aliphatic rings. The van der Waals surface area contributed by atoms with E-state index in [9.17, 15) is 5.26 Å². The Morgan fingerprint density at radius 3 is 2.82 bits per heavy atom. The maximum atomic E-state index is 9.60. The number of allylic oxidation sites excluding steroid dienone is 1. The van der Waals surface area contributed by atoms with Crippen LogP contribution in [0.15, 0.2) is 35.9 Å². The standard InChI is InChI=1S/C19H27N2O/c1-21(2,15-17-7-4-5-8-17)18(14-20)12-11-16-9-6-10-19(13-16)22-3/h6-7,9-10,13,18H,4-5,8,11-12,15H2,1-3H3/q+1. The van der Waals surface area contributed by atoms with Gasteiger partial charge in [-0.15, -0.1) is 0 Å². The highest BCUT2D eigenvalue weighted by molar-refractivity contribution is 5.28. The Balaban J connectivity index is 1.97. The lowest BCUT2D eigenvalue weighted by atomic mass is 10.0. The molecule has 118 valence electrons. The fourth-order valence-electron chi connectivity index (χ4n) is 3.22. The van der Waals surface area contributed by atoms with Crippen LogP contribution in [0.4, 0.5) is 0 Å². The summed E-state index contributed by atoms with van der Waals surface area (Å²) >= 11 is 0. The largest absolute Gasteiger partial charge is 0.497 e. The second-order valence-corrected chi connectivity index (χ2v) is 6.73. The van der Waals surface area contributed by atoms with Gasteiger partial charge in [0.1, 0.15) is 18.4 Å². The van der Waals surface area contributed by atoms with Gasteiger partial charge in [-0.1, -0.05) is 18.2 Å². The monoisotopic (exact) mass is 299 g/mol. The highest BCUT2D eigenvalue weighted by atomic mass is 16.5. The predicted molar refractivity (Wildman–Crippen MR) is 89.6 cm³/mol. The van der Waals surface area contributed by atoms with Gasteiger partial charge >= 0.3 is 0 Å². The molecule has 0 heterocycles. The van der Waals surface area contributed by atoms with E-state index in [2.05, 4.69) is 38.4 Å². The van der Waals surface area contributed by atoms with Crippen LogP contribution in [-0.2, 0) is 6.42 Å². The molecule has 0 saturated heterocycles. The van der Waals surface area contributed by atoms with Crippen LogP contribution in [0.2, 0.25) is 0 Å². The number of benzene rings is 1. The Morgan fingerprint density at radius 2 is 2.18 bits per heavy atom. The highest BCUT2D eigenvalue weighted by Crippen LogP contribution is 2.23. The molecule has 3 heteroatoms. The van der Waals surface area contributed by atoms with E-state index in [-0.39, 0.29) is 6.04 Å². The molecule has 1 atom stereocenters. The Labute approximate surface area is 134 Å². The van der Waals surface area contributed by atoms with Crippen LogP contribution < -0.4 is 4.74 Å². The number of quaternary nitrogens is 1. The third-order valence-electron chi connectivity index (χ3n) is 4.58. The molecule has 0 bridgehead atoms. The Bertz CT molecular complexity index is 569. The van der Waals surface area contributed by atoms with Crippen molar-refractivity contribution in [1.29, 1.82) is 5.26 Å². The van der Waals surface area contributed by atoms with E-state index in [0.29, 0.717) is 0 Å². The third-order valence-corrected chi connectivity index (χ3v) is 4.58. The molecule has 0 amide bonds. The van der Waals surface area contributed by atoms with Gasteiger partial charge in [0.2, 0.25) is 0 Å². The van der Waals surface area contributed by atoms with Gasteiger partial charge in [0.25, 0.3) is 0 Å². The van der Waals surface area contributed by atoms with Crippen molar-refractivity contribution >= 4 is 0 Å². The van der Waals surface area contributed by atoms with Crippen LogP contribution in [0.1, 0.15) is 31.2 Å². The lowest BCUT2D eigenvalue weighted by Gasteiger charge is -2.34. The van der Waals surface area contributed by atoms with Crippen LogP contribution in [0.5, 0.6) is 5.75 Å². The molecule has 1 aromatic carbocycles. The van der Waals surface area contributed by atoms with Gasteiger partial charge in [0.15, 0.2) is 6.04 Å². The van der Waals surface area contributed by atoms with E-state index in [4.69, 9.17) is 4.74 Å². The quantitative estimate of drug-likeness (QED) is 0.568. The molecule has 0 spiro atoms. The second-order valence-electron chi connectivity index (χ2n) is 6.73. The van der Waals surface area contributed by atoms with E-state index in [1.165, 1.54) is 30.4 Å². The summed E-state index contributed by atoms with van der Waals surface area (Å²) < 4.78 is 6.02. The average Bonchev–Trinajstić information content (AvgIpc) is 3.00. The number of aryl methyl sites for hydroxylation is 1. The van der Waals surface area contributed by atoms with Crippen molar-refractivity contribution in [1.82, 2.24) is 0 Å². The summed E-state index contributed by atoms with van der Waals surface area (Å²) in [5.41, 5.74) is 2.76. The number of rotatable bonds is 7. The molecule has 1 unspecified atom stereocenters. The van der Waals surface area contributed by atoms with Crippen molar-refractivity contribution in [3.8, 4) is 11.8 Å². The topological polar surface area (TPSA) is 33.0 Å². The zero-order valence-corrected chi connectivity index (χ0v) is 14.0. The molecule has 0 fully saturated rings. The molecule has 2 rings (SSSR count). The number of methoxy groups -OCH3 is 1. The summed E-state index contributed by atoms with van der Waals surface area (Å²) in [6, 6.07) is 10.7. The lowest BCUT2D eigenvalue weighted by Crippen LogP contribution is -2.49. The molecular weight excluding hydrogens is 272 g/mol. The number of ether oxygens (including phenoxy) is 1. The van der Waals surface area contributed by atoms with Crippen molar-refractivity contribution in [2.45, 2.75) is 38.1 Å². The van der Waals surface area contributed by atoms with Gasteiger partial charge in [-0.25, -0.2) is 0 Å². The smallest absolute Gasteiger partial charge is 0.176 e. The average molecular weight is 299 g/mol. The number of hydrogen-bond acceptors (Lipinski definition) is 2. The molecular formula is C19H27N2O+. The van der Waals surface area contributed by atoms with Crippen LogP contribution in [0.3, 0.4) is 0 Å². The van der Waals surface area contributed by atoms with Gasteiger partial charge in [-0.05, 0) is 49.0 Å². The molecule has 22 heavy (non-hydrogen) atoms. The van der Waals surface area contributed by atoms with Crippen molar-refractivity contribution < 1.29 is 9.22 Å². The summed E-state index contributed by atoms with van der Waals surface area (Å²) in [4.78, 5) is 0. The zero-order valence-electron chi connectivity index (χ0n) is 14.0. The first-order valence-electron chi connectivity index (χ1n) is 8.08. The minimum Gasteiger partial charge on any atom is -0.497 e. The predicted octanol–water partition coefficient (Wildman–Crippen LogP) is 3.71. The lowest BCUT2D eigenvalue weighted by molar-refractivity contribution is -0.902. The first-order valence-corrected chi connectivity index (χ1v) is 8.08. The van der Waals surface area contributed by atoms with E-state index in [1.54, 1.807) is 7.11 Å². The molecule has 1 aliphatic carbocycles. The Hall–Kier alpha value is -1.79. The maximum absolute atomic E-state index is 9.60. The fraction of sp³-hybridized carbons (Fsp3) is 0.526. The van der Waals surface area contributed by atoms with Crippen molar-refractivity contribution in [3.05, 3.63) is 41.5 Å². The minimum absolute atomic E-state index is 0.0210. The van der Waals surface area contributed by atoms with Gasteiger partial charge in [0, 0.05) is 6.42 Å². The molecule has 0 aromatic heterocycles. The first-order chi connectivity index (χ1) is 10.5. The van der Waals surface area contributed by atoms with Crippen molar-refractivity contribution in [3.63, 3.8) is 0 Å². The van der Waals surface area contributed by atoms with Crippen molar-refractivity contribution in [2.24, 2.45) is 0 Å². The van der Waals surface area contributed by atoms with Gasteiger partial charge < -0.3 is 9.22 Å². The summed E-state index contributed by atoms with van der Waals surface area (Å²) in [6.07, 6.45) is 7.83. The second kappa shape index (κ2) is 7.47. The normalized spacial score (nSPS) is 16.0. The first kappa shape index (κ1) is 16.6. The van der Waals surface area contributed by atoms with Crippen LogP contribution >= 0.6 is 0 Å². The summed E-state index contributed by atoms with van der Waals surface area (Å²) in [5, 5.41) is 9.60. The maximum Gasteiger partial charge on any atom is 0.176 e.